The Bertz CT molecular complexity index is 91.3. The second-order valence-electron chi connectivity index (χ2n) is 0.983. The van der Waals surface area contributed by atoms with Gasteiger partial charge in [-0.15, -0.1) is 0 Å². The van der Waals surface area contributed by atoms with Crippen molar-refractivity contribution in [2.45, 2.75) is 6.92 Å². The van der Waals surface area contributed by atoms with Gasteiger partial charge < -0.3 is 4.74 Å². The lowest BCUT2D eigenvalue weighted by atomic mass is 10.9. The molecule has 0 saturated heterocycles. The SMILES string of the molecule is CCOC(=O)NC=O. The van der Waals surface area contributed by atoms with E-state index >= 15 is 0 Å². The highest BCUT2D eigenvalue weighted by molar-refractivity contribution is 5.79. The maximum absolute atomic E-state index is 10.1. The Kier molecular flexibility index (Phi) is 3.56. The van der Waals surface area contributed by atoms with Crippen LogP contribution in [0.25, 0.3) is 0 Å². The molecule has 0 bridgehead atoms. The van der Waals surface area contributed by atoms with Gasteiger partial charge in [0.25, 0.3) is 0 Å². The monoisotopic (exact) mass is 117 g/mol. The lowest BCUT2D eigenvalue weighted by Gasteiger charge is -1.95. The van der Waals surface area contributed by atoms with E-state index in [0.717, 1.165) is 0 Å². The van der Waals surface area contributed by atoms with Crippen molar-refractivity contribution < 1.29 is 14.3 Å². The van der Waals surface area contributed by atoms with Gasteiger partial charge in [0, 0.05) is 0 Å². The van der Waals surface area contributed by atoms with E-state index in [4.69, 9.17) is 0 Å². The van der Waals surface area contributed by atoms with Gasteiger partial charge in [-0.05, 0) is 6.92 Å². The van der Waals surface area contributed by atoms with Crippen LogP contribution in [0, 0.1) is 0 Å². The van der Waals surface area contributed by atoms with Gasteiger partial charge >= 0.3 is 6.09 Å². The van der Waals surface area contributed by atoms with Crippen molar-refractivity contribution in [3.63, 3.8) is 0 Å². The van der Waals surface area contributed by atoms with Crippen molar-refractivity contribution in [2.24, 2.45) is 0 Å². The number of carbonyl (C=O) groups is 2. The highest BCUT2D eigenvalue weighted by Gasteiger charge is 1.93. The Hall–Kier alpha value is -1.06. The molecule has 0 unspecified atom stereocenters. The molecule has 0 aromatic carbocycles. The summed E-state index contributed by atoms with van der Waals surface area (Å²) in [4.78, 5) is 19.6. The zero-order chi connectivity index (χ0) is 6.41. The van der Waals surface area contributed by atoms with E-state index in [-0.39, 0.29) is 13.0 Å². The minimum absolute atomic E-state index is 0.276. The molecule has 1 N–H and O–H groups in total. The van der Waals surface area contributed by atoms with Gasteiger partial charge in [-0.2, -0.15) is 0 Å². The molecule has 0 aliphatic heterocycles. The molecular weight excluding hydrogens is 110 g/mol. The number of rotatable bonds is 2. The lowest BCUT2D eigenvalue weighted by Crippen LogP contribution is -2.21. The molecule has 4 heteroatoms. The lowest BCUT2D eigenvalue weighted by molar-refractivity contribution is -0.109. The Morgan fingerprint density at radius 2 is 2.50 bits per heavy atom. The van der Waals surface area contributed by atoms with Crippen molar-refractivity contribution in [2.75, 3.05) is 6.61 Å². The highest BCUT2D eigenvalue weighted by Crippen LogP contribution is 1.71. The number of hydrogen-bond donors (Lipinski definition) is 1. The van der Waals surface area contributed by atoms with Crippen LogP contribution in [-0.2, 0) is 9.53 Å². The van der Waals surface area contributed by atoms with Gasteiger partial charge in [0.15, 0.2) is 0 Å². The zero-order valence-corrected chi connectivity index (χ0v) is 4.51. The number of imide groups is 1. The molecule has 0 saturated carbocycles. The number of carbonyl (C=O) groups excluding carboxylic acids is 2. The number of nitrogens with one attached hydrogen (secondary N) is 1. The highest BCUT2D eigenvalue weighted by atomic mass is 16.5. The molecule has 0 aromatic heterocycles. The summed E-state index contributed by atoms with van der Waals surface area (Å²) in [5.74, 6) is 0. The largest absolute Gasteiger partial charge is 0.450 e. The molecule has 0 atom stereocenters. The molecule has 0 heterocycles. The van der Waals surface area contributed by atoms with E-state index in [1.54, 1.807) is 12.2 Å². The van der Waals surface area contributed by atoms with Crippen LogP contribution < -0.4 is 5.32 Å². The topological polar surface area (TPSA) is 55.4 Å². The quantitative estimate of drug-likeness (QED) is 0.513. The molecule has 0 radical (unpaired) electrons. The molecule has 0 aliphatic rings. The molecule has 2 amide bonds. The van der Waals surface area contributed by atoms with Crippen LogP contribution in [0.15, 0.2) is 0 Å². The number of amides is 2. The first-order valence-electron chi connectivity index (χ1n) is 2.18. The fraction of sp³-hybridized carbons (Fsp3) is 0.500. The van der Waals surface area contributed by atoms with Gasteiger partial charge in [-0.3, -0.25) is 10.1 Å². The van der Waals surface area contributed by atoms with E-state index in [1.165, 1.54) is 0 Å². The number of alkyl carbamates (subject to hydrolysis) is 1. The minimum atomic E-state index is -0.706. The van der Waals surface area contributed by atoms with Crippen molar-refractivity contribution in [3.8, 4) is 0 Å². The van der Waals surface area contributed by atoms with Crippen molar-refractivity contribution in [1.82, 2.24) is 5.32 Å². The van der Waals surface area contributed by atoms with E-state index in [0.29, 0.717) is 0 Å². The average Bonchev–Trinajstić information content (AvgIpc) is 1.68. The summed E-state index contributed by atoms with van der Waals surface area (Å²) in [7, 11) is 0. The van der Waals surface area contributed by atoms with Gasteiger partial charge in [0.05, 0.1) is 6.61 Å². The number of ether oxygens (including phenoxy) is 1. The van der Waals surface area contributed by atoms with E-state index in [9.17, 15) is 9.59 Å². The summed E-state index contributed by atoms with van der Waals surface area (Å²) < 4.78 is 4.30. The van der Waals surface area contributed by atoms with Crippen molar-refractivity contribution in [1.29, 1.82) is 0 Å². The average molecular weight is 117 g/mol. The number of hydrogen-bond acceptors (Lipinski definition) is 3. The van der Waals surface area contributed by atoms with Crippen LogP contribution in [0.4, 0.5) is 4.79 Å². The molecule has 0 aromatic rings. The summed E-state index contributed by atoms with van der Waals surface area (Å²) in [6, 6.07) is 0. The second-order valence-corrected chi connectivity index (χ2v) is 0.983. The van der Waals surface area contributed by atoms with E-state index in [2.05, 4.69) is 4.74 Å². The third-order valence-electron chi connectivity index (χ3n) is 0.452. The maximum atomic E-state index is 10.1. The Labute approximate surface area is 46.8 Å². The summed E-state index contributed by atoms with van der Waals surface area (Å²) in [6.45, 7) is 1.93. The van der Waals surface area contributed by atoms with Crippen LogP contribution in [0.3, 0.4) is 0 Å². The molecule has 4 nitrogen and oxygen atoms in total. The first kappa shape index (κ1) is 6.94. The Balaban J connectivity index is 3.18. The van der Waals surface area contributed by atoms with Crippen molar-refractivity contribution >= 4 is 12.5 Å². The summed E-state index contributed by atoms with van der Waals surface area (Å²) in [5, 5.41) is 1.80. The molecule has 0 spiro atoms. The first-order valence-corrected chi connectivity index (χ1v) is 2.18. The smallest absolute Gasteiger partial charge is 0.413 e. The van der Waals surface area contributed by atoms with Gasteiger partial charge in [-0.1, -0.05) is 0 Å². The van der Waals surface area contributed by atoms with Crippen LogP contribution >= 0.6 is 0 Å². The molecular formula is C4H7NO3. The predicted molar refractivity (Wildman–Crippen MR) is 26.2 cm³/mol. The van der Waals surface area contributed by atoms with Crippen LogP contribution in [0.2, 0.25) is 0 Å². The van der Waals surface area contributed by atoms with Crippen LogP contribution in [0.5, 0.6) is 0 Å². The molecule has 8 heavy (non-hydrogen) atoms. The third-order valence-corrected chi connectivity index (χ3v) is 0.452. The van der Waals surface area contributed by atoms with Gasteiger partial charge in [-0.25, -0.2) is 4.79 Å². The normalized spacial score (nSPS) is 7.62. The van der Waals surface area contributed by atoms with Gasteiger partial charge in [0.2, 0.25) is 6.41 Å². The molecule has 0 fully saturated rings. The van der Waals surface area contributed by atoms with Crippen LogP contribution in [-0.4, -0.2) is 19.1 Å². The van der Waals surface area contributed by atoms with Crippen molar-refractivity contribution in [3.05, 3.63) is 0 Å². The van der Waals surface area contributed by atoms with Gasteiger partial charge in [0.1, 0.15) is 0 Å². The predicted octanol–water partition coefficient (Wildman–Crippen LogP) is -0.111. The second kappa shape index (κ2) is 4.11. The fourth-order valence-electron chi connectivity index (χ4n) is 0.221. The first-order chi connectivity index (χ1) is 3.81. The third kappa shape index (κ3) is 3.14. The maximum Gasteiger partial charge on any atom is 0.413 e. The molecule has 0 aliphatic carbocycles. The Morgan fingerprint density at radius 3 is 2.88 bits per heavy atom. The summed E-state index contributed by atoms with van der Waals surface area (Å²) >= 11 is 0. The zero-order valence-electron chi connectivity index (χ0n) is 4.51. The van der Waals surface area contributed by atoms with E-state index < -0.39 is 6.09 Å². The fourth-order valence-corrected chi connectivity index (χ4v) is 0.221. The Morgan fingerprint density at radius 1 is 1.88 bits per heavy atom. The molecule has 46 valence electrons. The van der Waals surface area contributed by atoms with Crippen LogP contribution in [0.1, 0.15) is 6.92 Å². The standard InChI is InChI=1S/C4H7NO3/c1-2-8-4(7)5-3-6/h3H,2H2,1H3,(H,5,6,7). The van der Waals surface area contributed by atoms with E-state index in [1.807, 2.05) is 0 Å². The molecule has 0 rings (SSSR count). The summed E-state index contributed by atoms with van der Waals surface area (Å²) in [6.07, 6.45) is -0.430. The summed E-state index contributed by atoms with van der Waals surface area (Å²) in [5.41, 5.74) is 0. The minimum Gasteiger partial charge on any atom is -0.450 e.